The monoisotopic (exact) mass is 1180 g/mol. The van der Waals surface area contributed by atoms with Crippen molar-refractivity contribution >= 4 is 76.7 Å². The summed E-state index contributed by atoms with van der Waals surface area (Å²) in [6, 6.07) is 58.1. The maximum atomic E-state index is 10.3. The number of rotatable bonds is 7. The minimum Gasteiger partial charge on any atom is -0.458 e. The average Bonchev–Trinajstić information content (AvgIpc) is 1.61. The van der Waals surface area contributed by atoms with Crippen LogP contribution >= 0.6 is 0 Å². The molecule has 0 aliphatic carbocycles. The van der Waals surface area contributed by atoms with Crippen LogP contribution in [0.5, 0.6) is 11.5 Å². The van der Waals surface area contributed by atoms with E-state index in [1.165, 1.54) is 24.3 Å². The van der Waals surface area contributed by atoms with E-state index in [0.717, 1.165) is 49.3 Å². The lowest BCUT2D eigenvalue weighted by molar-refractivity contribution is -0.570. The maximum absolute atomic E-state index is 10.3. The van der Waals surface area contributed by atoms with Crippen molar-refractivity contribution in [2.24, 2.45) is 0 Å². The van der Waals surface area contributed by atoms with Gasteiger partial charge < -0.3 is 13.6 Å². The number of hydrogen-bond donors (Lipinski definition) is 0. The van der Waals surface area contributed by atoms with Gasteiger partial charge in [-0.05, 0) is 206 Å². The Bertz CT molecular complexity index is 6620. The van der Waals surface area contributed by atoms with Crippen molar-refractivity contribution < 1.29 is 37.3 Å². The Labute approximate surface area is 545 Å². The summed E-state index contributed by atoms with van der Waals surface area (Å²) in [5, 5.41) is 5.08. The Morgan fingerprint density at radius 1 is 0.462 bits per heavy atom. The third-order valence-corrected chi connectivity index (χ3v) is 17.8. The number of aromatic nitrogens is 4. The molecular weight excluding hydrogens is 1110 g/mol. The van der Waals surface area contributed by atoms with E-state index in [4.69, 9.17) is 26.8 Å². The zero-order valence-corrected chi connectivity index (χ0v) is 49.2. The zero-order chi connectivity index (χ0) is 72.8. The molecule has 91 heavy (non-hydrogen) atoms. The highest BCUT2D eigenvalue weighted by Crippen LogP contribution is 2.49. The van der Waals surface area contributed by atoms with Gasteiger partial charge in [0.15, 0.2) is 0 Å². The van der Waals surface area contributed by atoms with E-state index in [-0.39, 0.29) is 77.8 Å². The number of benzene rings is 12. The normalized spacial score (nSPS) is 14.7. The Kier molecular flexibility index (Phi) is 8.81. The van der Waals surface area contributed by atoms with Gasteiger partial charge >= 0.3 is 0 Å². The lowest BCUT2D eigenvalue weighted by atomic mass is 9.85. The molecule has 6 heterocycles. The highest BCUT2D eigenvalue weighted by atomic mass is 16.5. The minimum atomic E-state index is -2.92. The van der Waals surface area contributed by atoms with Gasteiger partial charge in [0.25, 0.3) is 6.33 Å². The van der Waals surface area contributed by atoms with Crippen LogP contribution in [0.3, 0.4) is 0 Å². The Morgan fingerprint density at radius 3 is 1.77 bits per heavy atom. The fourth-order valence-corrected chi connectivity index (χ4v) is 13.5. The first kappa shape index (κ1) is 40.1. The standard InChI is InChI=1S/C84H58N4O3/c1-50-18-16-19-51(2)81(50)55-43-68(53-33-37-79-70(41-53)67-28-12-15-31-77(67)91-79)82-71(44-55)62-24-8-6-22-60(62)61-23-7-9-25-63(61)72-42-54(52-32-36-78-69(40-52)66-27-11-14-30-76(66)90-78)45-75-83(72)87(82)49-86(75)57-20-17-21-58(47-57)89-59-34-35-65-64-26-10-13-29-73(64)88(74(65)48-59)80-46-56(38-39-85-80)84(3,4)5/h6-48H,1-5H3/i1D3,2D3,6D,7D,8D,9D,22D,23D,24D,25D. The molecule has 1 aliphatic heterocycles. The topological polar surface area (TPSA) is 62.1 Å². The summed E-state index contributed by atoms with van der Waals surface area (Å²) in [5.41, 5.74) is 7.03. The zero-order valence-electron chi connectivity index (χ0n) is 63.2. The molecule has 0 N–H and O–H groups in total. The van der Waals surface area contributed by atoms with Crippen LogP contribution in [0.2, 0.25) is 0 Å². The second-order valence-corrected chi connectivity index (χ2v) is 24.2. The van der Waals surface area contributed by atoms with Crippen molar-refractivity contribution in [3.05, 3.63) is 284 Å². The van der Waals surface area contributed by atoms with E-state index >= 15 is 0 Å². The molecular formula is C84H58N4O3. The highest BCUT2D eigenvalue weighted by molar-refractivity contribution is 6.11. The van der Waals surface area contributed by atoms with Gasteiger partial charge in [-0.1, -0.05) is 166 Å². The molecule has 17 aromatic rings. The van der Waals surface area contributed by atoms with E-state index in [9.17, 15) is 11.0 Å². The number of ether oxygens (including phenoxy) is 1. The number of para-hydroxylation sites is 3. The lowest BCUT2D eigenvalue weighted by Gasteiger charge is -2.22. The predicted molar refractivity (Wildman–Crippen MR) is 371 cm³/mol. The van der Waals surface area contributed by atoms with Gasteiger partial charge in [0.1, 0.15) is 39.6 Å². The van der Waals surface area contributed by atoms with Gasteiger partial charge in [-0.3, -0.25) is 13.7 Å². The molecule has 0 saturated heterocycles. The van der Waals surface area contributed by atoms with Crippen LogP contribution in [-0.4, -0.2) is 14.1 Å². The van der Waals surface area contributed by atoms with Crippen LogP contribution in [-0.2, 0) is 5.41 Å². The number of hydrogen-bond acceptors (Lipinski definition) is 4. The molecule has 18 rings (SSSR count). The van der Waals surface area contributed by atoms with Crippen LogP contribution in [0.25, 0.3) is 161 Å². The first-order valence-corrected chi connectivity index (χ1v) is 30.0. The van der Waals surface area contributed by atoms with Crippen molar-refractivity contribution in [3.8, 4) is 95.5 Å². The maximum Gasteiger partial charge on any atom is 0.269 e. The van der Waals surface area contributed by atoms with Crippen LogP contribution in [0.4, 0.5) is 0 Å². The Morgan fingerprint density at radius 2 is 1.05 bits per heavy atom. The van der Waals surface area contributed by atoms with Crippen molar-refractivity contribution in [2.75, 3.05) is 0 Å². The largest absolute Gasteiger partial charge is 0.458 e. The van der Waals surface area contributed by atoms with Crippen molar-refractivity contribution in [1.29, 1.82) is 0 Å². The molecule has 1 aliphatic rings. The highest BCUT2D eigenvalue weighted by Gasteiger charge is 2.30. The van der Waals surface area contributed by atoms with Crippen molar-refractivity contribution in [3.63, 3.8) is 0 Å². The van der Waals surface area contributed by atoms with Gasteiger partial charge in [-0.15, -0.1) is 0 Å². The second-order valence-electron chi connectivity index (χ2n) is 24.2. The molecule has 7 heteroatoms. The fraction of sp³-hybridized carbons (Fsp3) is 0.0714. The minimum absolute atomic E-state index is 0.00317. The summed E-state index contributed by atoms with van der Waals surface area (Å²) in [7, 11) is 0. The van der Waals surface area contributed by atoms with Crippen LogP contribution in [0, 0.1) is 20.0 Å². The van der Waals surface area contributed by atoms with E-state index in [1.54, 1.807) is 22.8 Å². The molecule has 0 spiro atoms. The molecule has 0 saturated carbocycles. The van der Waals surface area contributed by atoms with Crippen LogP contribution in [0.15, 0.2) is 270 Å². The molecule has 12 aromatic carbocycles. The molecule has 0 unspecified atom stereocenters. The predicted octanol–water partition coefficient (Wildman–Crippen LogP) is 22.0. The van der Waals surface area contributed by atoms with E-state index in [2.05, 4.69) is 49.9 Å². The number of nitrogens with zero attached hydrogens (tertiary/aromatic N) is 4. The van der Waals surface area contributed by atoms with Crippen molar-refractivity contribution in [2.45, 2.75) is 39.9 Å². The molecule has 0 bridgehead atoms. The Balaban J connectivity index is 0.986. The van der Waals surface area contributed by atoms with Gasteiger partial charge in [-0.25, -0.2) is 4.98 Å². The third kappa shape index (κ3) is 8.34. The number of furan rings is 2. The van der Waals surface area contributed by atoms with Crippen LogP contribution < -0.4 is 9.30 Å². The SMILES string of the molecule is [2H]c1c([2H])c([2H])c2c(c1[2H])-c1cc(-c3c(C([2H])([2H])[2H])cccc3C([2H])([2H])[2H])cc(-c3ccc4oc5ccccc5c4c3)c1-[n+]1[c-]n(-c3cccc(Oc4ccc5c6ccccc6n(-c6cc(C(C)(C)C)ccn6)c5c4)c3)c3cc(-c4ccc5oc6ccccc6c5c4)cc(c31)-c1c([2H])c([2H])c([2H])c([2H])c1-2. The third-order valence-electron chi connectivity index (χ3n) is 17.8. The summed E-state index contributed by atoms with van der Waals surface area (Å²) < 4.78 is 159. The summed E-state index contributed by atoms with van der Waals surface area (Å²) in [6.45, 7) is 0.663. The molecule has 0 fully saturated rings. The quantitative estimate of drug-likeness (QED) is 0.118. The fourth-order valence-electron chi connectivity index (χ4n) is 13.5. The smallest absolute Gasteiger partial charge is 0.269 e. The van der Waals surface area contributed by atoms with Gasteiger partial charge in [0.2, 0.25) is 0 Å². The van der Waals surface area contributed by atoms with E-state index in [0.29, 0.717) is 67.1 Å². The molecule has 7 nitrogen and oxygen atoms in total. The van der Waals surface area contributed by atoms with Crippen molar-refractivity contribution in [1.82, 2.24) is 14.1 Å². The molecule has 0 amide bonds. The number of pyridine rings is 1. The first-order valence-electron chi connectivity index (χ1n) is 37.0. The molecule has 0 atom stereocenters. The van der Waals surface area contributed by atoms with Gasteiger partial charge in [0, 0.05) is 52.8 Å². The van der Waals surface area contributed by atoms with Gasteiger partial charge in [0.05, 0.1) is 44.4 Å². The number of aryl methyl sites for hydroxylation is 2. The number of imidazole rings is 1. The van der Waals surface area contributed by atoms with Gasteiger partial charge in [-0.2, -0.15) is 0 Å². The average molecular weight is 1190 g/mol. The van der Waals surface area contributed by atoms with E-state index < -0.39 is 62.0 Å². The summed E-state index contributed by atoms with van der Waals surface area (Å²) in [4.78, 5) is 4.91. The summed E-state index contributed by atoms with van der Waals surface area (Å²) >= 11 is 0. The second kappa shape index (κ2) is 20.0. The lowest BCUT2D eigenvalue weighted by Crippen LogP contribution is -2.32. The molecule has 5 aromatic heterocycles. The first-order chi connectivity index (χ1) is 50.3. The summed E-state index contributed by atoms with van der Waals surface area (Å²) in [6.07, 6.45) is 5.59. The molecule has 0 radical (unpaired) electrons. The molecule has 432 valence electrons. The van der Waals surface area contributed by atoms with Crippen LogP contribution in [0.1, 0.15) is 56.7 Å². The Hall–Kier alpha value is -11.5. The summed E-state index contributed by atoms with van der Waals surface area (Å²) in [5.74, 6) is 1.66. The van der Waals surface area contributed by atoms with E-state index in [1.807, 2.05) is 156 Å². The number of fused-ring (bicyclic) bond motifs is 16.